The average Bonchev–Trinajstić information content (AvgIpc) is 2.95. The van der Waals surface area contributed by atoms with Crippen molar-refractivity contribution in [3.05, 3.63) is 59.7 Å². The van der Waals surface area contributed by atoms with Crippen LogP contribution in [-0.4, -0.2) is 48.5 Å². The normalized spacial score (nSPS) is 24.7. The Hall–Kier alpha value is -2.29. The summed E-state index contributed by atoms with van der Waals surface area (Å²) in [6.45, 7) is 0.496. The minimum Gasteiger partial charge on any atom is -0.496 e. The van der Waals surface area contributed by atoms with E-state index in [1.54, 1.807) is 7.11 Å². The molecule has 0 bridgehead atoms. The van der Waals surface area contributed by atoms with Gasteiger partial charge in [0.25, 0.3) is 0 Å². The van der Waals surface area contributed by atoms with Crippen molar-refractivity contribution in [2.75, 3.05) is 14.2 Å². The van der Waals surface area contributed by atoms with Gasteiger partial charge in [0, 0.05) is 24.6 Å². The summed E-state index contributed by atoms with van der Waals surface area (Å²) in [6.07, 6.45) is -5.77. The number of alkyl halides is 3. The lowest BCUT2D eigenvalue weighted by Gasteiger charge is -2.31. The Kier molecular flexibility index (Phi) is 6.36. The van der Waals surface area contributed by atoms with Gasteiger partial charge in [-0.05, 0) is 31.3 Å². The molecule has 4 atom stereocenters. The minimum atomic E-state index is -4.46. The lowest BCUT2D eigenvalue weighted by Crippen LogP contribution is -2.48. The van der Waals surface area contributed by atoms with Crippen LogP contribution in [0.4, 0.5) is 13.2 Å². The first kappa shape index (κ1) is 21.4. The van der Waals surface area contributed by atoms with Gasteiger partial charge in [-0.3, -0.25) is 4.90 Å². The predicted molar refractivity (Wildman–Crippen MR) is 103 cm³/mol. The molecular weight excluding hydrogens is 385 g/mol. The molecule has 1 fully saturated rings. The number of nitrogens with zero attached hydrogens (tertiary/aromatic N) is 1. The van der Waals surface area contributed by atoms with E-state index in [1.165, 1.54) is 12.1 Å². The Balaban J connectivity index is 1.71. The second-order valence-corrected chi connectivity index (χ2v) is 7.29. The quantitative estimate of drug-likeness (QED) is 0.766. The maximum atomic E-state index is 12.9. The highest BCUT2D eigenvalue weighted by Crippen LogP contribution is 2.34. The van der Waals surface area contributed by atoms with E-state index in [1.807, 2.05) is 36.2 Å². The third-order valence-corrected chi connectivity index (χ3v) is 5.24. The summed E-state index contributed by atoms with van der Waals surface area (Å²) < 4.78 is 49.8. The summed E-state index contributed by atoms with van der Waals surface area (Å²) >= 11 is 0. The minimum absolute atomic E-state index is 0.0594. The molecule has 2 aromatic rings. The van der Waals surface area contributed by atoms with Gasteiger partial charge in [-0.1, -0.05) is 24.3 Å². The third-order valence-electron chi connectivity index (χ3n) is 5.24. The monoisotopic (exact) mass is 410 g/mol. The highest BCUT2D eigenvalue weighted by atomic mass is 19.4. The molecule has 8 heteroatoms. The molecule has 0 unspecified atom stereocenters. The fraction of sp³-hybridized carbons (Fsp3) is 0.429. The van der Waals surface area contributed by atoms with Gasteiger partial charge in [0.05, 0.1) is 18.7 Å². The topological polar surface area (TPSA) is 68.0 Å². The highest BCUT2D eigenvalue weighted by molar-refractivity contribution is 5.33. The van der Waals surface area contributed by atoms with Crippen LogP contribution in [0.2, 0.25) is 0 Å². The van der Waals surface area contributed by atoms with Crippen LogP contribution >= 0.6 is 0 Å². The van der Waals surface area contributed by atoms with E-state index in [0.717, 1.165) is 23.4 Å². The van der Waals surface area contributed by atoms with E-state index in [2.05, 4.69) is 0 Å². The number of benzene rings is 2. The zero-order valence-electron chi connectivity index (χ0n) is 16.3. The first-order valence-electron chi connectivity index (χ1n) is 9.30. The number of aliphatic hydroxyl groups excluding tert-OH is 1. The van der Waals surface area contributed by atoms with Gasteiger partial charge in [0.2, 0.25) is 0 Å². The van der Waals surface area contributed by atoms with Crippen molar-refractivity contribution in [1.29, 1.82) is 0 Å². The molecule has 0 heterocycles. The van der Waals surface area contributed by atoms with Crippen LogP contribution in [0.3, 0.4) is 0 Å². The van der Waals surface area contributed by atoms with E-state index in [-0.39, 0.29) is 11.8 Å². The fourth-order valence-electron chi connectivity index (χ4n) is 3.85. The molecule has 0 amide bonds. The van der Waals surface area contributed by atoms with Crippen LogP contribution in [-0.2, 0) is 12.7 Å². The molecule has 0 spiro atoms. The Morgan fingerprint density at radius 2 is 1.90 bits per heavy atom. The SMILES string of the molecule is COc1ccccc1CN(C)[C@@H]1[C@@H](O)[C@H](Oc2cccc(C(F)(F)F)c2)C[C@H]1N. The molecule has 29 heavy (non-hydrogen) atoms. The zero-order chi connectivity index (χ0) is 21.2. The van der Waals surface area contributed by atoms with E-state index in [9.17, 15) is 18.3 Å². The fourth-order valence-corrected chi connectivity index (χ4v) is 3.85. The number of likely N-dealkylation sites (N-methyl/N-ethyl adjacent to an activating group) is 1. The number of hydrogen-bond acceptors (Lipinski definition) is 5. The summed E-state index contributed by atoms with van der Waals surface area (Å²) in [7, 11) is 3.43. The maximum Gasteiger partial charge on any atom is 0.416 e. The maximum absolute atomic E-state index is 12.9. The predicted octanol–water partition coefficient (Wildman–Crippen LogP) is 3.05. The van der Waals surface area contributed by atoms with Gasteiger partial charge >= 0.3 is 6.18 Å². The van der Waals surface area contributed by atoms with Gasteiger partial charge in [0.15, 0.2) is 0 Å². The molecule has 158 valence electrons. The summed E-state index contributed by atoms with van der Waals surface area (Å²) in [4.78, 5) is 1.92. The van der Waals surface area contributed by atoms with Gasteiger partial charge < -0.3 is 20.3 Å². The first-order valence-corrected chi connectivity index (χ1v) is 9.30. The molecule has 0 aliphatic heterocycles. The molecule has 3 N–H and O–H groups in total. The standard InChI is InChI=1S/C21H25F3N2O3/c1-26(12-13-6-3-4-9-17(13)28-2)19-16(25)11-18(20(19)27)29-15-8-5-7-14(10-15)21(22,23)24/h3-10,16,18-20,27H,11-12,25H2,1-2H3/t16-,18-,19+,20+/m1/s1. The van der Waals surface area contributed by atoms with Crippen LogP contribution in [0.5, 0.6) is 11.5 Å². The molecule has 1 saturated carbocycles. The second-order valence-electron chi connectivity index (χ2n) is 7.29. The number of halogens is 3. The molecular formula is C21H25F3N2O3. The number of aliphatic hydroxyl groups is 1. The average molecular weight is 410 g/mol. The summed E-state index contributed by atoms with van der Waals surface area (Å²) in [5.74, 6) is 0.793. The molecule has 5 nitrogen and oxygen atoms in total. The number of para-hydroxylation sites is 1. The number of ether oxygens (including phenoxy) is 2. The van der Waals surface area contributed by atoms with Crippen molar-refractivity contribution in [2.45, 2.75) is 43.4 Å². The van der Waals surface area contributed by atoms with Crippen LogP contribution in [0.1, 0.15) is 17.5 Å². The smallest absolute Gasteiger partial charge is 0.416 e. The summed E-state index contributed by atoms with van der Waals surface area (Å²) in [5, 5.41) is 10.8. The molecule has 3 rings (SSSR count). The zero-order valence-corrected chi connectivity index (χ0v) is 16.3. The van der Waals surface area contributed by atoms with E-state index in [4.69, 9.17) is 15.2 Å². The lowest BCUT2D eigenvalue weighted by atomic mass is 10.1. The Bertz CT molecular complexity index is 831. The van der Waals surface area contributed by atoms with Crippen molar-refractivity contribution >= 4 is 0 Å². The van der Waals surface area contributed by atoms with E-state index < -0.39 is 30.0 Å². The van der Waals surface area contributed by atoms with Gasteiger partial charge in [-0.25, -0.2) is 0 Å². The Morgan fingerprint density at radius 1 is 1.17 bits per heavy atom. The number of nitrogens with two attached hydrogens (primary N) is 1. The van der Waals surface area contributed by atoms with Crippen LogP contribution in [0.25, 0.3) is 0 Å². The first-order chi connectivity index (χ1) is 13.7. The molecule has 1 aliphatic carbocycles. The van der Waals surface area contributed by atoms with Crippen LogP contribution < -0.4 is 15.2 Å². The Morgan fingerprint density at radius 3 is 2.59 bits per heavy atom. The van der Waals surface area contributed by atoms with Crippen molar-refractivity contribution in [3.8, 4) is 11.5 Å². The second kappa shape index (κ2) is 8.61. The van der Waals surface area contributed by atoms with E-state index >= 15 is 0 Å². The lowest BCUT2D eigenvalue weighted by molar-refractivity contribution is -0.137. The number of hydrogen-bond donors (Lipinski definition) is 2. The van der Waals surface area contributed by atoms with Crippen molar-refractivity contribution in [3.63, 3.8) is 0 Å². The third kappa shape index (κ3) is 4.83. The van der Waals surface area contributed by atoms with Gasteiger partial charge in [-0.2, -0.15) is 13.2 Å². The number of rotatable bonds is 6. The number of methoxy groups -OCH3 is 1. The Labute approximate surface area is 167 Å². The molecule has 0 aromatic heterocycles. The van der Waals surface area contributed by atoms with Crippen LogP contribution in [0.15, 0.2) is 48.5 Å². The molecule has 2 aromatic carbocycles. The molecule has 1 aliphatic rings. The molecule has 0 saturated heterocycles. The van der Waals surface area contributed by atoms with Gasteiger partial charge in [0.1, 0.15) is 23.7 Å². The molecule has 0 radical (unpaired) electrons. The van der Waals surface area contributed by atoms with E-state index in [0.29, 0.717) is 13.0 Å². The van der Waals surface area contributed by atoms with Crippen molar-refractivity contribution in [1.82, 2.24) is 4.90 Å². The van der Waals surface area contributed by atoms with Crippen molar-refractivity contribution < 1.29 is 27.8 Å². The highest BCUT2D eigenvalue weighted by Gasteiger charge is 2.44. The largest absolute Gasteiger partial charge is 0.496 e. The van der Waals surface area contributed by atoms with Gasteiger partial charge in [-0.15, -0.1) is 0 Å². The summed E-state index contributed by atoms with van der Waals surface area (Å²) in [5.41, 5.74) is 6.39. The summed E-state index contributed by atoms with van der Waals surface area (Å²) in [6, 6.07) is 11.4. The van der Waals surface area contributed by atoms with Crippen LogP contribution in [0, 0.1) is 0 Å². The van der Waals surface area contributed by atoms with Crippen molar-refractivity contribution in [2.24, 2.45) is 5.73 Å².